The number of aromatic nitrogens is 3. The second kappa shape index (κ2) is 6.00. The van der Waals surface area contributed by atoms with Crippen LogP contribution < -0.4 is 5.32 Å². The third-order valence-corrected chi connectivity index (χ3v) is 3.11. The van der Waals surface area contributed by atoms with Crippen molar-refractivity contribution in [1.29, 1.82) is 0 Å². The van der Waals surface area contributed by atoms with Gasteiger partial charge in [-0.15, -0.1) is 0 Å². The fourth-order valence-corrected chi connectivity index (χ4v) is 2.06. The van der Waals surface area contributed by atoms with Crippen LogP contribution in [0.2, 0.25) is 0 Å². The maximum atomic E-state index is 11.8. The van der Waals surface area contributed by atoms with Crippen LogP contribution in [0.1, 0.15) is 16.2 Å². The molecule has 0 spiro atoms. The number of hydrogen-bond donors (Lipinski definition) is 2. The van der Waals surface area contributed by atoms with E-state index in [-0.39, 0.29) is 5.91 Å². The Morgan fingerprint density at radius 2 is 1.95 bits per heavy atom. The third-order valence-electron chi connectivity index (χ3n) is 3.11. The van der Waals surface area contributed by atoms with Gasteiger partial charge in [0.1, 0.15) is 0 Å². The molecule has 0 radical (unpaired) electrons. The first-order valence-corrected chi connectivity index (χ1v) is 6.60. The highest BCUT2D eigenvalue weighted by Gasteiger charge is 2.07. The molecule has 0 aliphatic carbocycles. The highest BCUT2D eigenvalue weighted by atomic mass is 16.2. The maximum Gasteiger partial charge on any atom is 0.287 e. The van der Waals surface area contributed by atoms with Gasteiger partial charge in [0.15, 0.2) is 5.82 Å². The van der Waals surface area contributed by atoms with E-state index in [1.165, 1.54) is 0 Å². The van der Waals surface area contributed by atoms with Gasteiger partial charge in [-0.05, 0) is 34.9 Å². The molecule has 2 aromatic heterocycles. The quantitative estimate of drug-likeness (QED) is 0.770. The zero-order valence-electron chi connectivity index (χ0n) is 11.3. The molecule has 21 heavy (non-hydrogen) atoms. The minimum absolute atomic E-state index is 0.214. The number of hydrogen-bond acceptors (Lipinski definition) is 3. The van der Waals surface area contributed by atoms with Gasteiger partial charge in [0.25, 0.3) is 5.91 Å². The van der Waals surface area contributed by atoms with Crippen molar-refractivity contribution >= 4 is 5.91 Å². The Morgan fingerprint density at radius 1 is 1.10 bits per heavy atom. The van der Waals surface area contributed by atoms with Gasteiger partial charge in [-0.3, -0.25) is 9.78 Å². The fourth-order valence-electron chi connectivity index (χ4n) is 2.06. The lowest BCUT2D eigenvalue weighted by atomic mass is 10.0. The summed E-state index contributed by atoms with van der Waals surface area (Å²) in [6.45, 7) is 0.457. The van der Waals surface area contributed by atoms with Crippen molar-refractivity contribution in [2.24, 2.45) is 0 Å². The summed E-state index contributed by atoms with van der Waals surface area (Å²) in [7, 11) is 0. The van der Waals surface area contributed by atoms with Gasteiger partial charge in [-0.25, -0.2) is 4.98 Å². The molecule has 2 heterocycles. The van der Waals surface area contributed by atoms with E-state index in [0.717, 1.165) is 16.7 Å². The predicted octanol–water partition coefficient (Wildman–Crippen LogP) is 2.40. The molecule has 3 aromatic rings. The Hall–Kier alpha value is -2.95. The van der Waals surface area contributed by atoms with Gasteiger partial charge in [-0.2, -0.15) is 0 Å². The van der Waals surface area contributed by atoms with Gasteiger partial charge >= 0.3 is 0 Å². The molecule has 0 bridgehead atoms. The number of carbonyl (C=O) groups excluding carboxylic acids is 1. The average molecular weight is 278 g/mol. The molecule has 1 amide bonds. The largest absolute Gasteiger partial charge is 0.345 e. The number of benzene rings is 1. The summed E-state index contributed by atoms with van der Waals surface area (Å²) in [6, 6.07) is 12.0. The molecule has 104 valence electrons. The average Bonchev–Trinajstić information content (AvgIpc) is 3.08. The monoisotopic (exact) mass is 278 g/mol. The molecule has 0 saturated carbocycles. The lowest BCUT2D eigenvalue weighted by Crippen LogP contribution is -2.23. The van der Waals surface area contributed by atoms with Crippen LogP contribution in [0.4, 0.5) is 0 Å². The number of aromatic amines is 1. The Kier molecular flexibility index (Phi) is 3.73. The zero-order chi connectivity index (χ0) is 14.5. The Labute approximate surface area is 122 Å². The smallest absolute Gasteiger partial charge is 0.287 e. The molecule has 0 unspecified atom stereocenters. The van der Waals surface area contributed by atoms with Crippen molar-refractivity contribution in [2.45, 2.75) is 6.54 Å². The number of nitrogens with zero attached hydrogens (tertiary/aromatic N) is 2. The summed E-state index contributed by atoms with van der Waals surface area (Å²) in [4.78, 5) is 22.5. The fraction of sp³-hybridized carbons (Fsp3) is 0.0625. The third kappa shape index (κ3) is 3.14. The Bertz CT molecular complexity index is 723. The highest BCUT2D eigenvalue weighted by Crippen LogP contribution is 2.19. The van der Waals surface area contributed by atoms with E-state index in [1.807, 2.05) is 30.3 Å². The van der Waals surface area contributed by atoms with Crippen molar-refractivity contribution in [2.75, 3.05) is 0 Å². The Morgan fingerprint density at radius 3 is 2.71 bits per heavy atom. The minimum Gasteiger partial charge on any atom is -0.345 e. The summed E-state index contributed by atoms with van der Waals surface area (Å²) in [6.07, 6.45) is 6.71. The molecule has 3 rings (SSSR count). The number of carbonyl (C=O) groups is 1. The van der Waals surface area contributed by atoms with E-state index in [1.54, 1.807) is 24.8 Å². The van der Waals surface area contributed by atoms with Crippen molar-refractivity contribution in [3.8, 4) is 11.1 Å². The summed E-state index contributed by atoms with van der Waals surface area (Å²) in [5.74, 6) is 0.106. The molecule has 0 aliphatic heterocycles. The lowest BCUT2D eigenvalue weighted by molar-refractivity contribution is 0.0941. The maximum absolute atomic E-state index is 11.8. The normalized spacial score (nSPS) is 10.3. The van der Waals surface area contributed by atoms with Crippen LogP contribution in [0, 0.1) is 0 Å². The van der Waals surface area contributed by atoms with Gasteiger partial charge in [0.2, 0.25) is 0 Å². The van der Waals surface area contributed by atoms with Crippen LogP contribution in [0.5, 0.6) is 0 Å². The van der Waals surface area contributed by atoms with Gasteiger partial charge in [0, 0.05) is 31.3 Å². The Balaban J connectivity index is 1.71. The van der Waals surface area contributed by atoms with E-state index >= 15 is 0 Å². The summed E-state index contributed by atoms with van der Waals surface area (Å²) >= 11 is 0. The van der Waals surface area contributed by atoms with Crippen LogP contribution in [-0.2, 0) is 6.54 Å². The number of nitrogens with one attached hydrogen (secondary N) is 2. The van der Waals surface area contributed by atoms with E-state index in [9.17, 15) is 4.79 Å². The van der Waals surface area contributed by atoms with E-state index in [4.69, 9.17) is 0 Å². The molecule has 1 aromatic carbocycles. The van der Waals surface area contributed by atoms with Crippen LogP contribution >= 0.6 is 0 Å². The van der Waals surface area contributed by atoms with E-state index in [2.05, 4.69) is 26.3 Å². The van der Waals surface area contributed by atoms with Crippen molar-refractivity contribution in [3.05, 3.63) is 72.6 Å². The molecule has 2 N–H and O–H groups in total. The molecule has 0 saturated heterocycles. The number of imidazole rings is 1. The van der Waals surface area contributed by atoms with Crippen LogP contribution in [-0.4, -0.2) is 20.9 Å². The summed E-state index contributed by atoms with van der Waals surface area (Å²) in [5, 5.41) is 2.83. The van der Waals surface area contributed by atoms with Crippen molar-refractivity contribution < 1.29 is 4.79 Å². The van der Waals surface area contributed by atoms with Gasteiger partial charge in [-0.1, -0.05) is 18.2 Å². The second-order valence-electron chi connectivity index (χ2n) is 4.56. The van der Waals surface area contributed by atoms with E-state index < -0.39 is 0 Å². The highest BCUT2D eigenvalue weighted by molar-refractivity contribution is 5.90. The second-order valence-corrected chi connectivity index (χ2v) is 4.56. The number of rotatable bonds is 4. The standard InChI is InChI=1S/C16H14N4O/c21-16(15-18-8-9-19-15)20-11-12-2-1-3-14(10-12)13-4-6-17-7-5-13/h1-10H,11H2,(H,18,19)(H,20,21). The lowest BCUT2D eigenvalue weighted by Gasteiger charge is -2.06. The molecule has 0 atom stereocenters. The van der Waals surface area contributed by atoms with Crippen LogP contribution in [0.25, 0.3) is 11.1 Å². The molecule has 5 nitrogen and oxygen atoms in total. The van der Waals surface area contributed by atoms with Crippen LogP contribution in [0.15, 0.2) is 61.2 Å². The summed E-state index contributed by atoms with van der Waals surface area (Å²) in [5.41, 5.74) is 3.23. The van der Waals surface area contributed by atoms with E-state index in [0.29, 0.717) is 12.4 Å². The molecule has 0 aliphatic rings. The van der Waals surface area contributed by atoms with Crippen LogP contribution in [0.3, 0.4) is 0 Å². The molecular weight excluding hydrogens is 264 g/mol. The topological polar surface area (TPSA) is 70.7 Å². The number of pyridine rings is 1. The van der Waals surface area contributed by atoms with Crippen molar-refractivity contribution in [3.63, 3.8) is 0 Å². The molecule has 5 heteroatoms. The molecular formula is C16H14N4O. The molecule has 0 fully saturated rings. The first-order chi connectivity index (χ1) is 10.3. The minimum atomic E-state index is -0.214. The number of amides is 1. The first-order valence-electron chi connectivity index (χ1n) is 6.60. The van der Waals surface area contributed by atoms with Gasteiger partial charge in [0.05, 0.1) is 0 Å². The number of H-pyrrole nitrogens is 1. The van der Waals surface area contributed by atoms with Crippen molar-refractivity contribution in [1.82, 2.24) is 20.3 Å². The zero-order valence-corrected chi connectivity index (χ0v) is 11.3. The summed E-state index contributed by atoms with van der Waals surface area (Å²) < 4.78 is 0. The predicted molar refractivity (Wildman–Crippen MR) is 79.4 cm³/mol. The van der Waals surface area contributed by atoms with Gasteiger partial charge < -0.3 is 10.3 Å². The first kappa shape index (κ1) is 13.1. The SMILES string of the molecule is O=C(NCc1cccc(-c2ccncc2)c1)c1ncc[nH]1.